The van der Waals surface area contributed by atoms with Gasteiger partial charge in [0.2, 0.25) is 0 Å². The lowest BCUT2D eigenvalue weighted by molar-refractivity contribution is -0.136. The Balaban J connectivity index is 2.26. The van der Waals surface area contributed by atoms with Crippen LogP contribution in [0.25, 0.3) is 0 Å². The Hall–Kier alpha value is -1.50. The van der Waals surface area contributed by atoms with Gasteiger partial charge in [-0.2, -0.15) is 18.3 Å². The standard InChI is InChI=1S/C14H15BrF3N3/c1-3-21-12(13(15)9(2)20-21)8-19-11-7-5-4-6-10(11)14(16,17)18/h4-7,19H,3,8H2,1-2H3. The molecule has 0 bridgehead atoms. The molecule has 0 saturated heterocycles. The summed E-state index contributed by atoms with van der Waals surface area (Å²) < 4.78 is 41.4. The number of anilines is 1. The van der Waals surface area contributed by atoms with Crippen molar-refractivity contribution in [2.24, 2.45) is 0 Å². The molecule has 0 saturated carbocycles. The van der Waals surface area contributed by atoms with E-state index in [-0.39, 0.29) is 12.2 Å². The summed E-state index contributed by atoms with van der Waals surface area (Å²) in [6.07, 6.45) is -4.37. The minimum absolute atomic E-state index is 0.0680. The molecular weight excluding hydrogens is 347 g/mol. The molecule has 1 aromatic heterocycles. The van der Waals surface area contributed by atoms with Crippen molar-refractivity contribution in [2.45, 2.75) is 33.1 Å². The van der Waals surface area contributed by atoms with E-state index in [0.717, 1.165) is 21.9 Å². The average Bonchev–Trinajstić information content (AvgIpc) is 2.71. The molecule has 3 nitrogen and oxygen atoms in total. The lowest BCUT2D eigenvalue weighted by Crippen LogP contribution is -2.13. The van der Waals surface area contributed by atoms with Crippen LogP contribution < -0.4 is 5.32 Å². The lowest BCUT2D eigenvalue weighted by atomic mass is 10.1. The Bertz CT molecular complexity index is 635. The number of hydrogen-bond donors (Lipinski definition) is 1. The highest BCUT2D eigenvalue weighted by molar-refractivity contribution is 9.10. The highest BCUT2D eigenvalue weighted by atomic mass is 79.9. The van der Waals surface area contributed by atoms with Crippen molar-refractivity contribution in [3.8, 4) is 0 Å². The van der Waals surface area contributed by atoms with Gasteiger partial charge in [-0.25, -0.2) is 0 Å². The number of nitrogens with zero attached hydrogens (tertiary/aromatic N) is 2. The second-order valence-corrected chi connectivity index (χ2v) is 5.35. The Labute approximate surface area is 129 Å². The van der Waals surface area contributed by atoms with Crippen LogP contribution in [0.15, 0.2) is 28.7 Å². The SMILES string of the molecule is CCn1nc(C)c(Br)c1CNc1ccccc1C(F)(F)F. The summed E-state index contributed by atoms with van der Waals surface area (Å²) in [4.78, 5) is 0. The van der Waals surface area contributed by atoms with Gasteiger partial charge in [-0.1, -0.05) is 12.1 Å². The number of benzene rings is 1. The molecule has 0 aliphatic heterocycles. The number of para-hydroxylation sites is 1. The third kappa shape index (κ3) is 3.40. The van der Waals surface area contributed by atoms with Crippen LogP contribution in [0.1, 0.15) is 23.9 Å². The third-order valence-corrected chi connectivity index (χ3v) is 4.16. The Kier molecular flexibility index (Phi) is 4.61. The first-order valence-corrected chi connectivity index (χ1v) is 7.25. The zero-order valence-electron chi connectivity index (χ0n) is 11.6. The van der Waals surface area contributed by atoms with Crippen LogP contribution in [0.4, 0.5) is 18.9 Å². The zero-order chi connectivity index (χ0) is 15.6. The third-order valence-electron chi connectivity index (χ3n) is 3.13. The van der Waals surface area contributed by atoms with Crippen molar-refractivity contribution < 1.29 is 13.2 Å². The predicted molar refractivity (Wildman–Crippen MR) is 79.1 cm³/mol. The van der Waals surface area contributed by atoms with E-state index >= 15 is 0 Å². The second kappa shape index (κ2) is 6.09. The van der Waals surface area contributed by atoms with Gasteiger partial charge < -0.3 is 5.32 Å². The minimum Gasteiger partial charge on any atom is -0.379 e. The summed E-state index contributed by atoms with van der Waals surface area (Å²) in [5.74, 6) is 0. The molecule has 0 fully saturated rings. The maximum atomic E-state index is 12.9. The number of hydrogen-bond acceptors (Lipinski definition) is 2. The first-order chi connectivity index (χ1) is 9.84. The number of nitrogens with one attached hydrogen (secondary N) is 1. The van der Waals surface area contributed by atoms with Gasteiger partial charge in [-0.15, -0.1) is 0 Å². The largest absolute Gasteiger partial charge is 0.418 e. The number of alkyl halides is 3. The van der Waals surface area contributed by atoms with Gasteiger partial charge in [0.25, 0.3) is 0 Å². The van der Waals surface area contributed by atoms with Crippen molar-refractivity contribution in [1.29, 1.82) is 0 Å². The Morgan fingerprint density at radius 3 is 2.57 bits per heavy atom. The number of rotatable bonds is 4. The van der Waals surface area contributed by atoms with E-state index in [1.165, 1.54) is 12.1 Å². The molecule has 1 heterocycles. The topological polar surface area (TPSA) is 29.9 Å². The molecular formula is C14H15BrF3N3. The van der Waals surface area contributed by atoms with Gasteiger partial charge in [0.1, 0.15) is 0 Å². The summed E-state index contributed by atoms with van der Waals surface area (Å²) in [6, 6.07) is 5.45. The van der Waals surface area contributed by atoms with E-state index in [4.69, 9.17) is 0 Å². The molecule has 0 aliphatic carbocycles. The molecule has 0 aliphatic rings. The molecule has 1 N–H and O–H groups in total. The van der Waals surface area contributed by atoms with Crippen molar-refractivity contribution in [3.63, 3.8) is 0 Å². The fourth-order valence-electron chi connectivity index (χ4n) is 2.10. The molecule has 0 radical (unpaired) electrons. The smallest absolute Gasteiger partial charge is 0.379 e. The zero-order valence-corrected chi connectivity index (χ0v) is 13.2. The second-order valence-electron chi connectivity index (χ2n) is 4.56. The van der Waals surface area contributed by atoms with E-state index in [9.17, 15) is 13.2 Å². The van der Waals surface area contributed by atoms with Crippen molar-refractivity contribution in [1.82, 2.24) is 9.78 Å². The normalized spacial score (nSPS) is 11.7. The van der Waals surface area contributed by atoms with E-state index in [0.29, 0.717) is 6.54 Å². The fourth-order valence-corrected chi connectivity index (χ4v) is 2.53. The molecule has 0 atom stereocenters. The van der Waals surface area contributed by atoms with Gasteiger partial charge in [0, 0.05) is 12.2 Å². The van der Waals surface area contributed by atoms with Crippen molar-refractivity contribution in [3.05, 3.63) is 45.7 Å². The molecule has 0 unspecified atom stereocenters. The fraction of sp³-hybridized carbons (Fsp3) is 0.357. The monoisotopic (exact) mass is 361 g/mol. The van der Waals surface area contributed by atoms with Gasteiger partial charge in [-0.3, -0.25) is 4.68 Å². The van der Waals surface area contributed by atoms with E-state index in [1.807, 2.05) is 13.8 Å². The predicted octanol–water partition coefficient (Wildman–Crippen LogP) is 4.60. The molecule has 2 aromatic rings. The quantitative estimate of drug-likeness (QED) is 0.861. The van der Waals surface area contributed by atoms with Crippen LogP contribution in [0.5, 0.6) is 0 Å². The van der Waals surface area contributed by atoms with Crippen LogP contribution in [-0.4, -0.2) is 9.78 Å². The lowest BCUT2D eigenvalue weighted by Gasteiger charge is -2.15. The molecule has 7 heteroatoms. The number of halogens is 4. The summed E-state index contributed by atoms with van der Waals surface area (Å²) in [7, 11) is 0. The highest BCUT2D eigenvalue weighted by Crippen LogP contribution is 2.35. The first kappa shape index (κ1) is 15.9. The molecule has 0 amide bonds. The first-order valence-electron chi connectivity index (χ1n) is 6.46. The summed E-state index contributed by atoms with van der Waals surface area (Å²) in [5.41, 5.74) is 1.04. The summed E-state index contributed by atoms with van der Waals surface area (Å²) in [6.45, 7) is 4.71. The maximum Gasteiger partial charge on any atom is 0.418 e. The number of aromatic nitrogens is 2. The molecule has 2 rings (SSSR count). The van der Waals surface area contributed by atoms with E-state index in [1.54, 1.807) is 10.7 Å². The molecule has 1 aromatic carbocycles. The van der Waals surface area contributed by atoms with Crippen LogP contribution in [0.2, 0.25) is 0 Å². The van der Waals surface area contributed by atoms with Crippen molar-refractivity contribution in [2.75, 3.05) is 5.32 Å². The molecule has 0 spiro atoms. The van der Waals surface area contributed by atoms with E-state index < -0.39 is 11.7 Å². The van der Waals surface area contributed by atoms with Gasteiger partial charge >= 0.3 is 6.18 Å². The minimum atomic E-state index is -4.37. The van der Waals surface area contributed by atoms with Crippen LogP contribution in [0, 0.1) is 6.92 Å². The Morgan fingerprint density at radius 1 is 1.29 bits per heavy atom. The van der Waals surface area contributed by atoms with E-state index in [2.05, 4.69) is 26.3 Å². The van der Waals surface area contributed by atoms with Crippen LogP contribution in [-0.2, 0) is 19.3 Å². The summed E-state index contributed by atoms with van der Waals surface area (Å²) >= 11 is 3.43. The van der Waals surface area contributed by atoms with Gasteiger partial charge in [0.05, 0.1) is 28.0 Å². The van der Waals surface area contributed by atoms with Crippen molar-refractivity contribution >= 4 is 21.6 Å². The Morgan fingerprint density at radius 2 is 1.95 bits per heavy atom. The molecule has 114 valence electrons. The van der Waals surface area contributed by atoms with Crippen LogP contribution in [0.3, 0.4) is 0 Å². The van der Waals surface area contributed by atoms with Gasteiger partial charge in [0.15, 0.2) is 0 Å². The summed E-state index contributed by atoms with van der Waals surface area (Å²) in [5, 5.41) is 7.17. The average molecular weight is 362 g/mol. The van der Waals surface area contributed by atoms with Gasteiger partial charge in [-0.05, 0) is 41.9 Å². The van der Waals surface area contributed by atoms with Crippen LogP contribution >= 0.6 is 15.9 Å². The highest BCUT2D eigenvalue weighted by Gasteiger charge is 2.33. The molecule has 21 heavy (non-hydrogen) atoms. The maximum absolute atomic E-state index is 12.9. The number of aryl methyl sites for hydroxylation is 2.